The van der Waals surface area contributed by atoms with Crippen LogP contribution in [0.1, 0.15) is 26.7 Å². The number of hydrogen-bond donors (Lipinski definition) is 0. The second-order valence-electron chi connectivity index (χ2n) is 4.07. The molecule has 0 amide bonds. The van der Waals surface area contributed by atoms with E-state index in [0.717, 1.165) is 25.0 Å². The zero-order valence-electron chi connectivity index (χ0n) is 7.90. The number of ether oxygens (including phenoxy) is 1. The van der Waals surface area contributed by atoms with Crippen LogP contribution in [0.2, 0.25) is 0 Å². The van der Waals surface area contributed by atoms with Crippen molar-refractivity contribution in [2.24, 2.45) is 5.92 Å². The minimum absolute atomic E-state index is 0.104. The molecule has 2 heteroatoms. The van der Waals surface area contributed by atoms with Gasteiger partial charge in [0.2, 0.25) is 0 Å². The number of halogens is 1. The Labute approximate surface area is 79.7 Å². The van der Waals surface area contributed by atoms with E-state index in [0.29, 0.717) is 11.8 Å². The van der Waals surface area contributed by atoms with E-state index in [1.807, 2.05) is 6.92 Å². The molecular weight excluding hydrogens is 172 g/mol. The molecule has 0 spiro atoms. The molecule has 0 bridgehead atoms. The molecule has 0 aromatic carbocycles. The van der Waals surface area contributed by atoms with E-state index in [-0.39, 0.29) is 5.60 Å². The first-order valence-electron chi connectivity index (χ1n) is 4.42. The van der Waals surface area contributed by atoms with Gasteiger partial charge < -0.3 is 4.74 Å². The van der Waals surface area contributed by atoms with Crippen molar-refractivity contribution >= 4 is 11.6 Å². The average Bonchev–Trinajstić information content (AvgIpc) is 2.32. The lowest BCUT2D eigenvalue weighted by Gasteiger charge is -2.25. The van der Waals surface area contributed by atoms with Gasteiger partial charge in [-0.3, -0.25) is 0 Å². The number of rotatable bonds is 3. The van der Waals surface area contributed by atoms with E-state index < -0.39 is 0 Å². The van der Waals surface area contributed by atoms with Crippen LogP contribution >= 0.6 is 11.6 Å². The van der Waals surface area contributed by atoms with Crippen molar-refractivity contribution in [2.75, 3.05) is 12.5 Å². The molecule has 1 saturated heterocycles. The van der Waals surface area contributed by atoms with E-state index in [1.165, 1.54) is 0 Å². The standard InChI is InChI=1S/C10H17ClO/c1-8(2)4-10(7-11)5-9(3)6-12-10/h9H,1,4-7H2,2-3H3. The van der Waals surface area contributed by atoms with Crippen molar-refractivity contribution in [3.63, 3.8) is 0 Å². The minimum atomic E-state index is -0.104. The van der Waals surface area contributed by atoms with Gasteiger partial charge in [0.1, 0.15) is 0 Å². The zero-order valence-corrected chi connectivity index (χ0v) is 8.66. The maximum Gasteiger partial charge on any atom is 0.0857 e. The normalized spacial score (nSPS) is 35.4. The molecule has 0 aromatic heterocycles. The number of hydrogen-bond acceptors (Lipinski definition) is 1. The molecule has 0 radical (unpaired) electrons. The van der Waals surface area contributed by atoms with Gasteiger partial charge in [-0.1, -0.05) is 12.5 Å². The Balaban J connectivity index is 2.58. The van der Waals surface area contributed by atoms with Gasteiger partial charge in [0.25, 0.3) is 0 Å². The van der Waals surface area contributed by atoms with Crippen molar-refractivity contribution in [3.05, 3.63) is 12.2 Å². The third-order valence-electron chi connectivity index (χ3n) is 2.26. The molecule has 1 aliphatic heterocycles. The minimum Gasteiger partial charge on any atom is -0.373 e. The van der Waals surface area contributed by atoms with Gasteiger partial charge in [-0.05, 0) is 25.7 Å². The molecule has 12 heavy (non-hydrogen) atoms. The Kier molecular flexibility index (Phi) is 3.19. The fourth-order valence-electron chi connectivity index (χ4n) is 1.89. The molecule has 1 rings (SSSR count). The summed E-state index contributed by atoms with van der Waals surface area (Å²) in [6.07, 6.45) is 1.98. The summed E-state index contributed by atoms with van der Waals surface area (Å²) in [7, 11) is 0. The third-order valence-corrected chi connectivity index (χ3v) is 2.75. The van der Waals surface area contributed by atoms with Crippen LogP contribution in [0.3, 0.4) is 0 Å². The third kappa shape index (κ3) is 2.24. The Morgan fingerprint density at radius 1 is 1.75 bits per heavy atom. The first-order valence-corrected chi connectivity index (χ1v) is 4.96. The highest BCUT2D eigenvalue weighted by molar-refractivity contribution is 6.18. The smallest absolute Gasteiger partial charge is 0.0857 e. The van der Waals surface area contributed by atoms with Crippen LogP contribution in [0, 0.1) is 5.92 Å². The van der Waals surface area contributed by atoms with Gasteiger partial charge in [-0.25, -0.2) is 0 Å². The van der Waals surface area contributed by atoms with Crippen LogP contribution in [0.5, 0.6) is 0 Å². The van der Waals surface area contributed by atoms with Crippen molar-refractivity contribution in [1.29, 1.82) is 0 Å². The Bertz CT molecular complexity index is 179. The summed E-state index contributed by atoms with van der Waals surface area (Å²) in [5.74, 6) is 1.23. The zero-order chi connectivity index (χ0) is 9.19. The second-order valence-corrected chi connectivity index (χ2v) is 4.34. The molecule has 1 heterocycles. The van der Waals surface area contributed by atoms with Crippen LogP contribution in [0.25, 0.3) is 0 Å². The Morgan fingerprint density at radius 2 is 2.42 bits per heavy atom. The van der Waals surface area contributed by atoms with Crippen molar-refractivity contribution in [2.45, 2.75) is 32.3 Å². The summed E-state index contributed by atoms with van der Waals surface area (Å²) in [5, 5.41) is 0. The van der Waals surface area contributed by atoms with Gasteiger partial charge in [-0.2, -0.15) is 0 Å². The van der Waals surface area contributed by atoms with E-state index in [2.05, 4.69) is 13.5 Å². The van der Waals surface area contributed by atoms with Crippen molar-refractivity contribution in [3.8, 4) is 0 Å². The fourth-order valence-corrected chi connectivity index (χ4v) is 2.17. The van der Waals surface area contributed by atoms with Crippen LogP contribution in [0.4, 0.5) is 0 Å². The summed E-state index contributed by atoms with van der Waals surface area (Å²) in [4.78, 5) is 0. The van der Waals surface area contributed by atoms with Gasteiger partial charge in [-0.15, -0.1) is 18.2 Å². The first kappa shape index (κ1) is 10.1. The van der Waals surface area contributed by atoms with Crippen molar-refractivity contribution in [1.82, 2.24) is 0 Å². The molecule has 1 fully saturated rings. The van der Waals surface area contributed by atoms with Gasteiger partial charge in [0.05, 0.1) is 18.1 Å². The van der Waals surface area contributed by atoms with E-state index >= 15 is 0 Å². The van der Waals surface area contributed by atoms with Crippen LogP contribution in [-0.4, -0.2) is 18.1 Å². The van der Waals surface area contributed by atoms with E-state index in [9.17, 15) is 0 Å². The largest absolute Gasteiger partial charge is 0.373 e. The van der Waals surface area contributed by atoms with Crippen molar-refractivity contribution < 1.29 is 4.74 Å². The predicted molar refractivity (Wildman–Crippen MR) is 52.6 cm³/mol. The SMILES string of the molecule is C=C(C)CC1(CCl)CC(C)CO1. The Hall–Kier alpha value is -0.0100. The second kappa shape index (κ2) is 3.80. The lowest BCUT2D eigenvalue weighted by atomic mass is 9.91. The van der Waals surface area contributed by atoms with Gasteiger partial charge in [0.15, 0.2) is 0 Å². The van der Waals surface area contributed by atoms with Crippen LogP contribution in [-0.2, 0) is 4.74 Å². The highest BCUT2D eigenvalue weighted by atomic mass is 35.5. The van der Waals surface area contributed by atoms with E-state index in [1.54, 1.807) is 0 Å². The molecule has 2 atom stereocenters. The quantitative estimate of drug-likeness (QED) is 0.489. The molecule has 0 saturated carbocycles. The average molecular weight is 189 g/mol. The van der Waals surface area contributed by atoms with Gasteiger partial charge >= 0.3 is 0 Å². The molecular formula is C10H17ClO. The first-order chi connectivity index (χ1) is 5.58. The highest BCUT2D eigenvalue weighted by Gasteiger charge is 2.37. The van der Waals surface area contributed by atoms with Gasteiger partial charge in [0, 0.05) is 0 Å². The van der Waals surface area contributed by atoms with Crippen LogP contribution in [0.15, 0.2) is 12.2 Å². The maximum atomic E-state index is 5.91. The molecule has 2 unspecified atom stereocenters. The molecule has 0 N–H and O–H groups in total. The topological polar surface area (TPSA) is 9.23 Å². The fraction of sp³-hybridized carbons (Fsp3) is 0.800. The molecule has 1 nitrogen and oxygen atoms in total. The molecule has 1 aliphatic rings. The summed E-state index contributed by atoms with van der Waals surface area (Å²) in [6, 6.07) is 0. The maximum absolute atomic E-state index is 5.91. The summed E-state index contributed by atoms with van der Waals surface area (Å²) >= 11 is 5.91. The molecule has 0 aromatic rings. The summed E-state index contributed by atoms with van der Waals surface area (Å²) in [6.45, 7) is 8.97. The summed E-state index contributed by atoms with van der Waals surface area (Å²) < 4.78 is 5.72. The monoisotopic (exact) mass is 188 g/mol. The van der Waals surface area contributed by atoms with Crippen LogP contribution < -0.4 is 0 Å². The lowest BCUT2D eigenvalue weighted by Crippen LogP contribution is -2.30. The summed E-state index contributed by atoms with van der Waals surface area (Å²) in [5.41, 5.74) is 1.05. The number of alkyl halides is 1. The predicted octanol–water partition coefficient (Wildman–Crippen LogP) is 2.99. The Morgan fingerprint density at radius 3 is 2.75 bits per heavy atom. The molecule has 70 valence electrons. The van der Waals surface area contributed by atoms with E-state index in [4.69, 9.17) is 16.3 Å². The molecule has 0 aliphatic carbocycles. The lowest BCUT2D eigenvalue weighted by molar-refractivity contribution is 0.0228. The highest BCUT2D eigenvalue weighted by Crippen LogP contribution is 2.35.